The SMILES string of the molecule is CC1CC(C)CN(C(=O)C(C)NC(=O)c2cccs2)C1. The average molecular weight is 294 g/mol. The molecule has 0 aromatic carbocycles. The van der Waals surface area contributed by atoms with Gasteiger partial charge in [0.05, 0.1) is 4.88 Å². The Balaban J connectivity index is 1.93. The van der Waals surface area contributed by atoms with Crippen molar-refractivity contribution in [2.45, 2.75) is 33.2 Å². The van der Waals surface area contributed by atoms with Crippen LogP contribution in [-0.2, 0) is 4.79 Å². The van der Waals surface area contributed by atoms with E-state index >= 15 is 0 Å². The molecule has 1 N–H and O–H groups in total. The van der Waals surface area contributed by atoms with Crippen molar-refractivity contribution in [1.29, 1.82) is 0 Å². The summed E-state index contributed by atoms with van der Waals surface area (Å²) >= 11 is 1.38. The maximum Gasteiger partial charge on any atom is 0.261 e. The molecule has 1 aliphatic rings. The Morgan fingerprint density at radius 3 is 2.55 bits per heavy atom. The summed E-state index contributed by atoms with van der Waals surface area (Å²) in [5.74, 6) is 0.915. The lowest BCUT2D eigenvalue weighted by Gasteiger charge is -2.36. The summed E-state index contributed by atoms with van der Waals surface area (Å²) in [5, 5.41) is 4.65. The van der Waals surface area contributed by atoms with E-state index in [1.165, 1.54) is 17.8 Å². The Labute approximate surface area is 124 Å². The summed E-state index contributed by atoms with van der Waals surface area (Å²) in [5.41, 5.74) is 0. The van der Waals surface area contributed by atoms with Crippen LogP contribution in [-0.4, -0.2) is 35.8 Å². The summed E-state index contributed by atoms with van der Waals surface area (Å²) in [7, 11) is 0. The fraction of sp³-hybridized carbons (Fsp3) is 0.600. The topological polar surface area (TPSA) is 49.4 Å². The Bertz CT molecular complexity index is 462. The zero-order valence-corrected chi connectivity index (χ0v) is 13.1. The van der Waals surface area contributed by atoms with E-state index in [1.807, 2.05) is 16.3 Å². The fourth-order valence-electron chi connectivity index (χ4n) is 2.85. The molecule has 0 bridgehead atoms. The highest BCUT2D eigenvalue weighted by atomic mass is 32.1. The van der Waals surface area contributed by atoms with Crippen LogP contribution in [0.3, 0.4) is 0 Å². The minimum atomic E-state index is -0.470. The quantitative estimate of drug-likeness (QED) is 0.930. The molecule has 3 atom stereocenters. The van der Waals surface area contributed by atoms with Gasteiger partial charge in [-0.15, -0.1) is 11.3 Å². The molecule has 2 heterocycles. The van der Waals surface area contributed by atoms with Crippen LogP contribution >= 0.6 is 11.3 Å². The van der Waals surface area contributed by atoms with Gasteiger partial charge in [-0.1, -0.05) is 19.9 Å². The predicted molar refractivity (Wildman–Crippen MR) is 80.8 cm³/mol. The third kappa shape index (κ3) is 3.60. The number of hydrogen-bond acceptors (Lipinski definition) is 3. The Hall–Kier alpha value is -1.36. The third-order valence-electron chi connectivity index (χ3n) is 3.64. The monoisotopic (exact) mass is 294 g/mol. The van der Waals surface area contributed by atoms with Crippen molar-refractivity contribution >= 4 is 23.2 Å². The molecule has 1 aliphatic heterocycles. The van der Waals surface area contributed by atoms with Gasteiger partial charge < -0.3 is 10.2 Å². The number of carbonyl (C=O) groups excluding carboxylic acids is 2. The maximum absolute atomic E-state index is 12.4. The van der Waals surface area contributed by atoms with E-state index in [0.29, 0.717) is 16.7 Å². The van der Waals surface area contributed by atoms with Crippen LogP contribution in [0.4, 0.5) is 0 Å². The van der Waals surface area contributed by atoms with E-state index in [2.05, 4.69) is 19.2 Å². The highest BCUT2D eigenvalue weighted by Crippen LogP contribution is 2.21. The minimum absolute atomic E-state index is 0.0216. The third-order valence-corrected chi connectivity index (χ3v) is 4.51. The van der Waals surface area contributed by atoms with Crippen molar-refractivity contribution in [2.75, 3.05) is 13.1 Å². The summed E-state index contributed by atoms with van der Waals surface area (Å²) in [4.78, 5) is 26.9. The van der Waals surface area contributed by atoms with E-state index in [4.69, 9.17) is 0 Å². The molecule has 110 valence electrons. The lowest BCUT2D eigenvalue weighted by Crippen LogP contribution is -2.51. The zero-order valence-electron chi connectivity index (χ0n) is 12.3. The van der Waals surface area contributed by atoms with E-state index in [-0.39, 0.29) is 11.8 Å². The Morgan fingerprint density at radius 1 is 1.35 bits per heavy atom. The highest BCUT2D eigenvalue weighted by molar-refractivity contribution is 7.12. The van der Waals surface area contributed by atoms with Crippen molar-refractivity contribution < 1.29 is 9.59 Å². The van der Waals surface area contributed by atoms with Gasteiger partial charge in [-0.05, 0) is 36.6 Å². The molecule has 2 rings (SSSR count). The van der Waals surface area contributed by atoms with Gasteiger partial charge in [0.2, 0.25) is 5.91 Å². The summed E-state index contributed by atoms with van der Waals surface area (Å²) in [6.45, 7) is 7.69. The summed E-state index contributed by atoms with van der Waals surface area (Å²) in [6.07, 6.45) is 1.17. The number of rotatable bonds is 3. The van der Waals surface area contributed by atoms with E-state index in [1.54, 1.807) is 13.0 Å². The molecule has 4 nitrogen and oxygen atoms in total. The number of thiophene rings is 1. The first-order chi connectivity index (χ1) is 9.47. The van der Waals surface area contributed by atoms with E-state index in [0.717, 1.165) is 13.1 Å². The molecule has 2 amide bonds. The fourth-order valence-corrected chi connectivity index (χ4v) is 3.48. The van der Waals surface area contributed by atoms with Crippen molar-refractivity contribution in [3.63, 3.8) is 0 Å². The normalized spacial score (nSPS) is 24.2. The smallest absolute Gasteiger partial charge is 0.261 e. The van der Waals surface area contributed by atoms with Crippen LogP contribution in [0.1, 0.15) is 36.9 Å². The molecular formula is C15H22N2O2S. The number of carbonyl (C=O) groups is 2. The van der Waals surface area contributed by atoms with Crippen LogP contribution < -0.4 is 5.32 Å². The molecule has 0 aliphatic carbocycles. The second kappa shape index (κ2) is 6.39. The van der Waals surface area contributed by atoms with Gasteiger partial charge in [0, 0.05) is 13.1 Å². The van der Waals surface area contributed by atoms with Crippen LogP contribution in [0.15, 0.2) is 17.5 Å². The van der Waals surface area contributed by atoms with Crippen molar-refractivity contribution in [3.8, 4) is 0 Å². The molecule has 0 saturated carbocycles. The first-order valence-corrected chi connectivity index (χ1v) is 7.98. The van der Waals surface area contributed by atoms with Crippen LogP contribution in [0.5, 0.6) is 0 Å². The van der Waals surface area contributed by atoms with Gasteiger partial charge in [0.15, 0.2) is 0 Å². The van der Waals surface area contributed by atoms with Gasteiger partial charge in [0.25, 0.3) is 5.91 Å². The summed E-state index contributed by atoms with van der Waals surface area (Å²) < 4.78 is 0. The molecule has 1 saturated heterocycles. The molecule has 1 aromatic heterocycles. The van der Waals surface area contributed by atoms with Gasteiger partial charge in [-0.2, -0.15) is 0 Å². The largest absolute Gasteiger partial charge is 0.340 e. The van der Waals surface area contributed by atoms with E-state index in [9.17, 15) is 9.59 Å². The second-order valence-electron chi connectivity index (χ2n) is 5.86. The lowest BCUT2D eigenvalue weighted by atomic mass is 9.91. The van der Waals surface area contributed by atoms with Gasteiger partial charge >= 0.3 is 0 Å². The number of piperidine rings is 1. The highest BCUT2D eigenvalue weighted by Gasteiger charge is 2.29. The molecule has 3 unspecified atom stereocenters. The van der Waals surface area contributed by atoms with E-state index < -0.39 is 6.04 Å². The number of nitrogens with zero attached hydrogens (tertiary/aromatic N) is 1. The Kier molecular flexibility index (Phi) is 4.81. The van der Waals surface area contributed by atoms with Crippen LogP contribution in [0, 0.1) is 11.8 Å². The number of hydrogen-bond donors (Lipinski definition) is 1. The minimum Gasteiger partial charge on any atom is -0.340 e. The second-order valence-corrected chi connectivity index (χ2v) is 6.81. The van der Waals surface area contributed by atoms with Gasteiger partial charge in [0.1, 0.15) is 6.04 Å². The molecule has 0 radical (unpaired) electrons. The molecular weight excluding hydrogens is 272 g/mol. The molecule has 0 spiro atoms. The van der Waals surface area contributed by atoms with Crippen molar-refractivity contribution in [3.05, 3.63) is 22.4 Å². The average Bonchev–Trinajstić information content (AvgIpc) is 2.90. The maximum atomic E-state index is 12.4. The molecule has 1 aromatic rings. The zero-order chi connectivity index (χ0) is 14.7. The summed E-state index contributed by atoms with van der Waals surface area (Å²) in [6, 6.07) is 3.13. The van der Waals surface area contributed by atoms with Gasteiger partial charge in [-0.3, -0.25) is 9.59 Å². The number of likely N-dealkylation sites (tertiary alicyclic amines) is 1. The first-order valence-electron chi connectivity index (χ1n) is 7.10. The van der Waals surface area contributed by atoms with Crippen LogP contribution in [0.25, 0.3) is 0 Å². The standard InChI is InChI=1S/C15H22N2O2S/c1-10-7-11(2)9-17(8-10)15(19)12(3)16-14(18)13-5-4-6-20-13/h4-6,10-12H,7-9H2,1-3H3,(H,16,18). The molecule has 20 heavy (non-hydrogen) atoms. The van der Waals surface area contributed by atoms with Crippen molar-refractivity contribution in [1.82, 2.24) is 10.2 Å². The van der Waals surface area contributed by atoms with Crippen molar-refractivity contribution in [2.24, 2.45) is 11.8 Å². The molecule has 1 fully saturated rings. The van der Waals surface area contributed by atoms with Crippen LogP contribution in [0.2, 0.25) is 0 Å². The van der Waals surface area contributed by atoms with Gasteiger partial charge in [-0.25, -0.2) is 0 Å². The predicted octanol–water partition coefficient (Wildman–Crippen LogP) is 2.37. The Morgan fingerprint density at radius 2 is 2.00 bits per heavy atom. The number of amides is 2. The number of nitrogens with one attached hydrogen (secondary N) is 1. The first kappa shape index (κ1) is 15.0. The molecule has 5 heteroatoms. The lowest BCUT2D eigenvalue weighted by molar-refractivity contribution is -0.135.